The van der Waals surface area contributed by atoms with Gasteiger partial charge in [0.1, 0.15) is 6.04 Å². The van der Waals surface area contributed by atoms with Crippen LogP contribution in [0.5, 0.6) is 0 Å². The van der Waals surface area contributed by atoms with Gasteiger partial charge in [0.05, 0.1) is 5.75 Å². The summed E-state index contributed by atoms with van der Waals surface area (Å²) in [5.74, 6) is -1.02. The Bertz CT molecular complexity index is 207. The van der Waals surface area contributed by atoms with Gasteiger partial charge in [-0.15, -0.1) is 0 Å². The van der Waals surface area contributed by atoms with Crippen LogP contribution in [0.25, 0.3) is 0 Å². The fourth-order valence-electron chi connectivity index (χ4n) is 1.41. The molecule has 0 aliphatic carbocycles. The molecule has 12 heavy (non-hydrogen) atoms. The standard InChI is InChI=1S/C7H11NO3S/c9-6(4-12)8-3-1-2-5(8)7(10)11/h5,12H,1-4H2,(H,10,11)/t5-/m1/s1. The summed E-state index contributed by atoms with van der Waals surface area (Å²) in [6.45, 7) is 0.552. The number of aliphatic carboxylic acids is 1. The summed E-state index contributed by atoms with van der Waals surface area (Å²) in [4.78, 5) is 23.1. The van der Waals surface area contributed by atoms with E-state index in [1.165, 1.54) is 4.90 Å². The van der Waals surface area contributed by atoms with E-state index in [2.05, 4.69) is 12.6 Å². The number of carbonyl (C=O) groups is 2. The monoisotopic (exact) mass is 189 g/mol. The Morgan fingerprint density at radius 1 is 1.58 bits per heavy atom. The molecule has 0 aromatic rings. The van der Waals surface area contributed by atoms with Gasteiger partial charge in [-0.25, -0.2) is 4.79 Å². The predicted octanol–water partition coefficient (Wildman–Crippen LogP) is -0.00820. The summed E-state index contributed by atoms with van der Waals surface area (Å²) in [7, 11) is 0. The Morgan fingerprint density at radius 2 is 2.25 bits per heavy atom. The minimum absolute atomic E-state index is 0.0871. The van der Waals surface area contributed by atoms with Crippen LogP contribution in [0.1, 0.15) is 12.8 Å². The number of carboxylic acids is 1. The highest BCUT2D eigenvalue weighted by molar-refractivity contribution is 7.81. The quantitative estimate of drug-likeness (QED) is 0.601. The molecule has 1 aliphatic heterocycles. The zero-order valence-electron chi connectivity index (χ0n) is 6.56. The van der Waals surface area contributed by atoms with Crippen LogP contribution in [0.3, 0.4) is 0 Å². The Kier molecular flexibility index (Phi) is 2.97. The van der Waals surface area contributed by atoms with E-state index >= 15 is 0 Å². The predicted molar refractivity (Wildman–Crippen MR) is 46.2 cm³/mol. The highest BCUT2D eigenvalue weighted by Gasteiger charge is 2.32. The lowest BCUT2D eigenvalue weighted by Gasteiger charge is -2.19. The van der Waals surface area contributed by atoms with E-state index in [0.717, 1.165) is 6.42 Å². The summed E-state index contributed by atoms with van der Waals surface area (Å²) in [6, 6.07) is -0.621. The van der Waals surface area contributed by atoms with Crippen LogP contribution in [-0.2, 0) is 9.59 Å². The van der Waals surface area contributed by atoms with Gasteiger partial charge in [0.2, 0.25) is 5.91 Å². The lowest BCUT2D eigenvalue weighted by molar-refractivity contribution is -0.147. The molecule has 1 aliphatic rings. The molecule has 0 saturated carbocycles. The molecule has 4 nitrogen and oxygen atoms in total. The second-order valence-electron chi connectivity index (χ2n) is 2.74. The zero-order chi connectivity index (χ0) is 9.14. The molecule has 1 fully saturated rings. The molecule has 0 radical (unpaired) electrons. The van der Waals surface area contributed by atoms with Crippen molar-refractivity contribution in [3.8, 4) is 0 Å². The molecule has 1 saturated heterocycles. The number of likely N-dealkylation sites (tertiary alicyclic amines) is 1. The van der Waals surface area contributed by atoms with E-state index in [9.17, 15) is 9.59 Å². The second-order valence-corrected chi connectivity index (χ2v) is 3.06. The maximum atomic E-state index is 11.1. The van der Waals surface area contributed by atoms with E-state index in [1.54, 1.807) is 0 Å². The van der Waals surface area contributed by atoms with Gasteiger partial charge < -0.3 is 10.0 Å². The number of thiol groups is 1. The second kappa shape index (κ2) is 3.80. The molecule has 1 N–H and O–H groups in total. The third-order valence-corrected chi connectivity index (χ3v) is 2.26. The summed E-state index contributed by atoms with van der Waals surface area (Å²) in [5.41, 5.74) is 0. The topological polar surface area (TPSA) is 57.6 Å². The van der Waals surface area contributed by atoms with Crippen LogP contribution in [0.4, 0.5) is 0 Å². The third-order valence-electron chi connectivity index (χ3n) is 1.99. The van der Waals surface area contributed by atoms with Gasteiger partial charge in [-0.3, -0.25) is 4.79 Å². The number of nitrogens with zero attached hydrogens (tertiary/aromatic N) is 1. The van der Waals surface area contributed by atoms with Crippen molar-refractivity contribution in [1.82, 2.24) is 4.90 Å². The Balaban J connectivity index is 2.63. The SMILES string of the molecule is O=C(O)[C@H]1CCCN1C(=O)CS. The van der Waals surface area contributed by atoms with Crippen LogP contribution in [-0.4, -0.2) is 40.2 Å². The summed E-state index contributed by atoms with van der Waals surface area (Å²) in [6.07, 6.45) is 1.34. The van der Waals surface area contributed by atoms with Crippen molar-refractivity contribution in [3.63, 3.8) is 0 Å². The van der Waals surface area contributed by atoms with Gasteiger partial charge >= 0.3 is 5.97 Å². The minimum atomic E-state index is -0.914. The van der Waals surface area contributed by atoms with E-state index < -0.39 is 12.0 Å². The van der Waals surface area contributed by atoms with Gasteiger partial charge in [0.15, 0.2) is 0 Å². The molecule has 1 atom stereocenters. The Hall–Kier alpha value is -0.710. The van der Waals surface area contributed by atoms with Crippen molar-refractivity contribution in [3.05, 3.63) is 0 Å². The number of hydrogen-bond acceptors (Lipinski definition) is 3. The van der Waals surface area contributed by atoms with Crippen LogP contribution < -0.4 is 0 Å². The maximum Gasteiger partial charge on any atom is 0.326 e. The van der Waals surface area contributed by atoms with E-state index in [1.807, 2.05) is 0 Å². The lowest BCUT2D eigenvalue weighted by atomic mass is 10.2. The van der Waals surface area contributed by atoms with Crippen LogP contribution >= 0.6 is 12.6 Å². The third kappa shape index (κ3) is 1.72. The highest BCUT2D eigenvalue weighted by atomic mass is 32.1. The normalized spacial score (nSPS) is 22.8. The van der Waals surface area contributed by atoms with Crippen LogP contribution in [0.15, 0.2) is 0 Å². The largest absolute Gasteiger partial charge is 0.480 e. The summed E-state index contributed by atoms with van der Waals surface area (Å²) >= 11 is 3.82. The zero-order valence-corrected chi connectivity index (χ0v) is 7.46. The molecule has 0 bridgehead atoms. The van der Waals surface area contributed by atoms with Crippen molar-refractivity contribution >= 4 is 24.5 Å². The Labute approximate surface area is 76.0 Å². The molecule has 0 aromatic carbocycles. The van der Waals surface area contributed by atoms with E-state index in [0.29, 0.717) is 13.0 Å². The molecule has 68 valence electrons. The molecule has 1 amide bonds. The first-order chi connectivity index (χ1) is 5.66. The molecule has 5 heteroatoms. The first kappa shape index (κ1) is 9.38. The van der Waals surface area contributed by atoms with Gasteiger partial charge in [-0.1, -0.05) is 0 Å². The molecular weight excluding hydrogens is 178 g/mol. The summed E-state index contributed by atoms with van der Waals surface area (Å²) in [5, 5.41) is 8.71. The number of hydrogen-bond donors (Lipinski definition) is 2. The maximum absolute atomic E-state index is 11.1. The molecule has 1 rings (SSSR count). The minimum Gasteiger partial charge on any atom is -0.480 e. The molecule has 0 spiro atoms. The van der Waals surface area contributed by atoms with Gasteiger partial charge in [-0.05, 0) is 12.8 Å². The number of amides is 1. The van der Waals surface area contributed by atoms with Crippen LogP contribution in [0.2, 0.25) is 0 Å². The fraction of sp³-hybridized carbons (Fsp3) is 0.714. The van der Waals surface area contributed by atoms with Gasteiger partial charge in [0, 0.05) is 6.54 Å². The number of rotatable bonds is 2. The Morgan fingerprint density at radius 3 is 2.75 bits per heavy atom. The van der Waals surface area contributed by atoms with E-state index in [-0.39, 0.29) is 11.7 Å². The van der Waals surface area contributed by atoms with Crippen molar-refractivity contribution < 1.29 is 14.7 Å². The van der Waals surface area contributed by atoms with Gasteiger partial charge in [0.25, 0.3) is 0 Å². The number of carboxylic acid groups (broad SMARTS) is 1. The van der Waals surface area contributed by atoms with Gasteiger partial charge in [-0.2, -0.15) is 12.6 Å². The molecule has 1 heterocycles. The molecule has 0 unspecified atom stereocenters. The highest BCUT2D eigenvalue weighted by Crippen LogP contribution is 2.17. The first-order valence-electron chi connectivity index (χ1n) is 3.80. The van der Waals surface area contributed by atoms with Crippen molar-refractivity contribution in [2.45, 2.75) is 18.9 Å². The number of carbonyl (C=O) groups excluding carboxylic acids is 1. The lowest BCUT2D eigenvalue weighted by Crippen LogP contribution is -2.41. The fourth-order valence-corrected chi connectivity index (χ4v) is 1.59. The van der Waals surface area contributed by atoms with Crippen molar-refractivity contribution in [2.75, 3.05) is 12.3 Å². The average Bonchev–Trinajstić information content (AvgIpc) is 2.50. The average molecular weight is 189 g/mol. The van der Waals surface area contributed by atoms with Crippen LogP contribution in [0, 0.1) is 0 Å². The van der Waals surface area contributed by atoms with Crippen molar-refractivity contribution in [2.24, 2.45) is 0 Å². The molecule has 0 aromatic heterocycles. The molecular formula is C7H11NO3S. The van der Waals surface area contributed by atoms with E-state index in [4.69, 9.17) is 5.11 Å². The smallest absolute Gasteiger partial charge is 0.326 e. The first-order valence-corrected chi connectivity index (χ1v) is 4.43. The summed E-state index contributed by atoms with van der Waals surface area (Å²) < 4.78 is 0. The van der Waals surface area contributed by atoms with Crippen molar-refractivity contribution in [1.29, 1.82) is 0 Å².